The lowest BCUT2D eigenvalue weighted by Crippen LogP contribution is -2.32. The Balaban J connectivity index is 2.10. The molecular formula is C15H23N5. The quantitative estimate of drug-likeness (QED) is 0.926. The SMILES string of the molecule is Cc1nc2c(n1C(c1cnn(C)c1)C(C)N)CCCC2. The molecular weight excluding hydrogens is 250 g/mol. The molecule has 0 radical (unpaired) electrons. The Morgan fingerprint density at radius 2 is 2.05 bits per heavy atom. The van der Waals surface area contributed by atoms with Crippen molar-refractivity contribution in [1.29, 1.82) is 0 Å². The number of hydrogen-bond acceptors (Lipinski definition) is 3. The summed E-state index contributed by atoms with van der Waals surface area (Å²) in [6, 6.07) is 0.149. The van der Waals surface area contributed by atoms with Gasteiger partial charge in [-0.1, -0.05) is 0 Å². The highest BCUT2D eigenvalue weighted by atomic mass is 15.2. The van der Waals surface area contributed by atoms with Crippen molar-refractivity contribution in [3.05, 3.63) is 35.2 Å². The van der Waals surface area contributed by atoms with Crippen LogP contribution in [0.4, 0.5) is 0 Å². The van der Waals surface area contributed by atoms with E-state index in [1.807, 2.05) is 17.9 Å². The first-order valence-electron chi connectivity index (χ1n) is 7.38. The molecule has 5 heteroatoms. The fourth-order valence-corrected chi connectivity index (χ4v) is 3.35. The molecule has 3 rings (SSSR count). The lowest BCUT2D eigenvalue weighted by Gasteiger charge is -2.26. The Kier molecular flexibility index (Phi) is 3.38. The third-order valence-electron chi connectivity index (χ3n) is 4.19. The van der Waals surface area contributed by atoms with Gasteiger partial charge in [-0.3, -0.25) is 4.68 Å². The maximum absolute atomic E-state index is 6.29. The van der Waals surface area contributed by atoms with E-state index in [2.05, 4.69) is 29.7 Å². The third-order valence-corrected chi connectivity index (χ3v) is 4.19. The van der Waals surface area contributed by atoms with Crippen LogP contribution in [0, 0.1) is 6.92 Å². The summed E-state index contributed by atoms with van der Waals surface area (Å²) in [5.41, 5.74) is 10.1. The summed E-state index contributed by atoms with van der Waals surface area (Å²) in [6.07, 6.45) is 8.68. The van der Waals surface area contributed by atoms with Gasteiger partial charge in [-0.05, 0) is 39.5 Å². The number of rotatable bonds is 3. The minimum Gasteiger partial charge on any atom is -0.326 e. The highest BCUT2D eigenvalue weighted by Gasteiger charge is 2.27. The molecule has 108 valence electrons. The molecule has 0 aromatic carbocycles. The molecule has 20 heavy (non-hydrogen) atoms. The smallest absolute Gasteiger partial charge is 0.106 e. The van der Waals surface area contributed by atoms with E-state index in [1.54, 1.807) is 0 Å². The second kappa shape index (κ2) is 5.05. The summed E-state index contributed by atoms with van der Waals surface area (Å²) in [5, 5.41) is 4.30. The van der Waals surface area contributed by atoms with Gasteiger partial charge in [0.2, 0.25) is 0 Å². The Bertz CT molecular complexity index is 608. The zero-order valence-electron chi connectivity index (χ0n) is 12.5. The first kappa shape index (κ1) is 13.4. The van der Waals surface area contributed by atoms with E-state index in [0.29, 0.717) is 0 Å². The van der Waals surface area contributed by atoms with Crippen molar-refractivity contribution in [3.63, 3.8) is 0 Å². The number of aryl methyl sites for hydroxylation is 3. The largest absolute Gasteiger partial charge is 0.326 e. The molecule has 0 aliphatic heterocycles. The predicted octanol–water partition coefficient (Wildman–Crippen LogP) is 1.74. The van der Waals surface area contributed by atoms with Crippen LogP contribution in [0.2, 0.25) is 0 Å². The number of imidazole rings is 1. The van der Waals surface area contributed by atoms with Crippen LogP contribution in [0.1, 0.15) is 48.6 Å². The molecule has 2 heterocycles. The standard InChI is InChI=1S/C15H23N5/c1-10(16)15(12-8-17-19(3)9-12)20-11(2)18-13-6-4-5-7-14(13)20/h8-10,15H,4-7,16H2,1-3H3. The van der Waals surface area contributed by atoms with E-state index in [9.17, 15) is 0 Å². The van der Waals surface area contributed by atoms with Crippen molar-refractivity contribution in [2.45, 2.75) is 51.6 Å². The molecule has 5 nitrogen and oxygen atoms in total. The monoisotopic (exact) mass is 273 g/mol. The molecule has 0 bridgehead atoms. The molecule has 0 fully saturated rings. The van der Waals surface area contributed by atoms with Crippen LogP contribution in [0.3, 0.4) is 0 Å². The van der Waals surface area contributed by atoms with Crippen molar-refractivity contribution < 1.29 is 0 Å². The van der Waals surface area contributed by atoms with Crippen LogP contribution >= 0.6 is 0 Å². The summed E-state index contributed by atoms with van der Waals surface area (Å²) in [7, 11) is 1.94. The highest BCUT2D eigenvalue weighted by molar-refractivity contribution is 5.26. The molecule has 0 saturated carbocycles. The summed E-state index contributed by atoms with van der Waals surface area (Å²) in [5.74, 6) is 1.07. The summed E-state index contributed by atoms with van der Waals surface area (Å²) >= 11 is 0. The van der Waals surface area contributed by atoms with Gasteiger partial charge in [-0.15, -0.1) is 0 Å². The van der Waals surface area contributed by atoms with Crippen molar-refractivity contribution in [1.82, 2.24) is 19.3 Å². The summed E-state index contributed by atoms with van der Waals surface area (Å²) in [4.78, 5) is 4.77. The Morgan fingerprint density at radius 3 is 2.70 bits per heavy atom. The van der Waals surface area contributed by atoms with Gasteiger partial charge in [0.25, 0.3) is 0 Å². The Morgan fingerprint density at radius 1 is 1.30 bits per heavy atom. The van der Waals surface area contributed by atoms with E-state index in [1.165, 1.54) is 24.2 Å². The van der Waals surface area contributed by atoms with E-state index < -0.39 is 0 Å². The van der Waals surface area contributed by atoms with Gasteiger partial charge < -0.3 is 10.3 Å². The minimum absolute atomic E-state index is 0.0260. The van der Waals surface area contributed by atoms with Crippen molar-refractivity contribution in [2.75, 3.05) is 0 Å². The van der Waals surface area contributed by atoms with Crippen molar-refractivity contribution in [2.24, 2.45) is 12.8 Å². The van der Waals surface area contributed by atoms with Crippen LogP contribution in [-0.2, 0) is 19.9 Å². The topological polar surface area (TPSA) is 61.7 Å². The van der Waals surface area contributed by atoms with Crippen molar-refractivity contribution in [3.8, 4) is 0 Å². The highest BCUT2D eigenvalue weighted by Crippen LogP contribution is 2.30. The van der Waals surface area contributed by atoms with Crippen LogP contribution in [0.15, 0.2) is 12.4 Å². The maximum Gasteiger partial charge on any atom is 0.106 e. The van der Waals surface area contributed by atoms with Gasteiger partial charge in [0.15, 0.2) is 0 Å². The van der Waals surface area contributed by atoms with Crippen LogP contribution in [-0.4, -0.2) is 25.4 Å². The maximum atomic E-state index is 6.29. The Hall–Kier alpha value is -1.62. The van der Waals surface area contributed by atoms with Gasteiger partial charge in [-0.2, -0.15) is 5.10 Å². The average molecular weight is 273 g/mol. The van der Waals surface area contributed by atoms with Crippen molar-refractivity contribution >= 4 is 0 Å². The second-order valence-electron chi connectivity index (χ2n) is 5.88. The second-order valence-corrected chi connectivity index (χ2v) is 5.88. The first-order chi connectivity index (χ1) is 9.58. The van der Waals surface area contributed by atoms with E-state index in [0.717, 1.165) is 24.2 Å². The summed E-state index contributed by atoms with van der Waals surface area (Å²) < 4.78 is 4.18. The fourth-order valence-electron chi connectivity index (χ4n) is 3.35. The number of fused-ring (bicyclic) bond motifs is 1. The molecule has 2 atom stereocenters. The molecule has 2 N–H and O–H groups in total. The van der Waals surface area contributed by atoms with Gasteiger partial charge in [0, 0.05) is 30.5 Å². The lowest BCUT2D eigenvalue weighted by atomic mass is 9.98. The van der Waals surface area contributed by atoms with E-state index >= 15 is 0 Å². The Labute approximate surface area is 119 Å². The predicted molar refractivity (Wildman–Crippen MR) is 78.6 cm³/mol. The molecule has 0 spiro atoms. The first-order valence-corrected chi connectivity index (χ1v) is 7.38. The average Bonchev–Trinajstić information content (AvgIpc) is 2.95. The molecule has 0 amide bonds. The van der Waals surface area contributed by atoms with Gasteiger partial charge in [-0.25, -0.2) is 4.98 Å². The minimum atomic E-state index is 0.0260. The van der Waals surface area contributed by atoms with Gasteiger partial charge in [0.1, 0.15) is 5.82 Å². The summed E-state index contributed by atoms with van der Waals surface area (Å²) in [6.45, 7) is 4.15. The number of aromatic nitrogens is 4. The molecule has 0 saturated heterocycles. The molecule has 1 aliphatic carbocycles. The zero-order chi connectivity index (χ0) is 14.3. The molecule has 1 aliphatic rings. The lowest BCUT2D eigenvalue weighted by molar-refractivity contribution is 0.465. The zero-order valence-corrected chi connectivity index (χ0v) is 12.5. The number of nitrogens with two attached hydrogens (primary N) is 1. The van der Waals surface area contributed by atoms with E-state index in [-0.39, 0.29) is 12.1 Å². The molecule has 2 aromatic heterocycles. The van der Waals surface area contributed by atoms with Crippen LogP contribution < -0.4 is 5.73 Å². The molecule has 2 unspecified atom stereocenters. The van der Waals surface area contributed by atoms with Gasteiger partial charge >= 0.3 is 0 Å². The van der Waals surface area contributed by atoms with Crippen LogP contribution in [0.25, 0.3) is 0 Å². The normalized spacial score (nSPS) is 17.8. The fraction of sp³-hybridized carbons (Fsp3) is 0.600. The third kappa shape index (κ3) is 2.16. The molecule has 2 aromatic rings. The van der Waals surface area contributed by atoms with Crippen LogP contribution in [0.5, 0.6) is 0 Å². The number of hydrogen-bond donors (Lipinski definition) is 1. The number of nitrogens with zero attached hydrogens (tertiary/aromatic N) is 4. The van der Waals surface area contributed by atoms with E-state index in [4.69, 9.17) is 10.7 Å². The van der Waals surface area contributed by atoms with Gasteiger partial charge in [0.05, 0.1) is 17.9 Å².